The smallest absolute Gasteiger partial charge is 0.271 e. The van der Waals surface area contributed by atoms with E-state index in [2.05, 4.69) is 10.4 Å². The van der Waals surface area contributed by atoms with Gasteiger partial charge in [0.15, 0.2) is 5.69 Å². The summed E-state index contributed by atoms with van der Waals surface area (Å²) in [5, 5.41) is 8.41. The minimum absolute atomic E-state index is 0.205. The largest absolute Gasteiger partial charge is 0.350 e. The SMILES string of the molecule is Cc1ccc(-c2cc(C(=O)NCCc3ccc(Cl)cc3Cl)nn2C)cc1. The van der Waals surface area contributed by atoms with Gasteiger partial charge in [-0.2, -0.15) is 5.10 Å². The molecule has 2 aromatic carbocycles. The third-order valence-electron chi connectivity index (χ3n) is 4.15. The number of benzene rings is 2. The van der Waals surface area contributed by atoms with Crippen molar-refractivity contribution in [2.75, 3.05) is 6.54 Å². The monoisotopic (exact) mass is 387 g/mol. The molecule has 0 radical (unpaired) electrons. The molecular formula is C20H19Cl2N3O. The number of aromatic nitrogens is 2. The molecule has 6 heteroatoms. The molecule has 0 aliphatic heterocycles. The lowest BCUT2D eigenvalue weighted by molar-refractivity contribution is 0.0948. The van der Waals surface area contributed by atoms with Crippen LogP contribution in [0.2, 0.25) is 10.0 Å². The summed E-state index contributed by atoms with van der Waals surface area (Å²) in [5.41, 5.74) is 4.45. The highest BCUT2D eigenvalue weighted by Crippen LogP contribution is 2.22. The molecule has 0 unspecified atom stereocenters. The molecule has 1 N–H and O–H groups in total. The Hall–Kier alpha value is -2.30. The number of nitrogens with zero attached hydrogens (tertiary/aromatic N) is 2. The number of carbonyl (C=O) groups excluding carboxylic acids is 1. The number of halogens is 2. The van der Waals surface area contributed by atoms with Gasteiger partial charge in [-0.25, -0.2) is 0 Å². The second-order valence-corrected chi connectivity index (χ2v) is 6.99. The number of aryl methyl sites for hydroxylation is 2. The maximum atomic E-state index is 12.4. The molecule has 3 rings (SSSR count). The first-order chi connectivity index (χ1) is 12.4. The molecule has 0 bridgehead atoms. The Morgan fingerprint density at radius 2 is 1.85 bits per heavy atom. The van der Waals surface area contributed by atoms with Crippen LogP contribution in [0.5, 0.6) is 0 Å². The van der Waals surface area contributed by atoms with E-state index in [9.17, 15) is 4.79 Å². The van der Waals surface area contributed by atoms with Crippen LogP contribution in [0.25, 0.3) is 11.3 Å². The molecule has 1 aromatic heterocycles. The molecule has 1 heterocycles. The van der Waals surface area contributed by atoms with Gasteiger partial charge in [-0.05, 0) is 42.7 Å². The fraction of sp³-hybridized carbons (Fsp3) is 0.200. The lowest BCUT2D eigenvalue weighted by Gasteiger charge is -2.06. The topological polar surface area (TPSA) is 46.9 Å². The third-order valence-corrected chi connectivity index (χ3v) is 4.74. The van der Waals surface area contributed by atoms with Crippen molar-refractivity contribution in [3.05, 3.63) is 75.4 Å². The molecule has 0 saturated heterocycles. The fourth-order valence-electron chi connectivity index (χ4n) is 2.70. The summed E-state index contributed by atoms with van der Waals surface area (Å²) < 4.78 is 1.72. The maximum absolute atomic E-state index is 12.4. The van der Waals surface area contributed by atoms with E-state index in [1.54, 1.807) is 22.9 Å². The van der Waals surface area contributed by atoms with Crippen molar-refractivity contribution in [1.29, 1.82) is 0 Å². The van der Waals surface area contributed by atoms with E-state index in [-0.39, 0.29) is 5.91 Å². The van der Waals surface area contributed by atoms with Gasteiger partial charge in [-0.3, -0.25) is 9.48 Å². The van der Waals surface area contributed by atoms with Gasteiger partial charge >= 0.3 is 0 Å². The van der Waals surface area contributed by atoms with Crippen LogP contribution in [-0.4, -0.2) is 22.2 Å². The normalized spacial score (nSPS) is 10.8. The number of nitrogens with one attached hydrogen (secondary N) is 1. The van der Waals surface area contributed by atoms with Crippen molar-refractivity contribution in [2.24, 2.45) is 7.05 Å². The number of amides is 1. The van der Waals surface area contributed by atoms with Crippen LogP contribution in [0, 0.1) is 6.92 Å². The highest BCUT2D eigenvalue weighted by molar-refractivity contribution is 6.35. The zero-order chi connectivity index (χ0) is 18.7. The first-order valence-electron chi connectivity index (χ1n) is 8.27. The highest BCUT2D eigenvalue weighted by Gasteiger charge is 2.14. The Balaban J connectivity index is 1.65. The molecule has 4 nitrogen and oxygen atoms in total. The molecule has 0 aliphatic carbocycles. The highest BCUT2D eigenvalue weighted by atomic mass is 35.5. The van der Waals surface area contributed by atoms with Crippen LogP contribution >= 0.6 is 23.2 Å². The second-order valence-electron chi connectivity index (χ2n) is 6.15. The molecule has 134 valence electrons. The van der Waals surface area contributed by atoms with Crippen LogP contribution in [0.4, 0.5) is 0 Å². The molecule has 0 spiro atoms. The molecule has 0 fully saturated rings. The zero-order valence-corrected chi connectivity index (χ0v) is 16.1. The van der Waals surface area contributed by atoms with Gasteiger partial charge < -0.3 is 5.32 Å². The number of hydrogen-bond acceptors (Lipinski definition) is 2. The first kappa shape index (κ1) is 18.5. The van der Waals surface area contributed by atoms with Gasteiger partial charge in [0.25, 0.3) is 5.91 Å². The summed E-state index contributed by atoms with van der Waals surface area (Å²) in [7, 11) is 1.83. The second kappa shape index (κ2) is 7.94. The minimum Gasteiger partial charge on any atom is -0.350 e. The van der Waals surface area contributed by atoms with E-state index in [1.165, 1.54) is 5.56 Å². The Bertz CT molecular complexity index is 933. The van der Waals surface area contributed by atoms with Crippen LogP contribution < -0.4 is 5.32 Å². The Morgan fingerprint density at radius 3 is 2.54 bits per heavy atom. The van der Waals surface area contributed by atoms with E-state index in [0.29, 0.717) is 28.7 Å². The van der Waals surface area contributed by atoms with E-state index in [0.717, 1.165) is 16.8 Å². The standard InChI is InChI=1S/C20H19Cl2N3O/c1-13-3-5-15(6-4-13)19-12-18(24-25(19)2)20(26)23-10-9-14-7-8-16(21)11-17(14)22/h3-8,11-12H,9-10H2,1-2H3,(H,23,26). The van der Waals surface area contributed by atoms with Gasteiger partial charge in [-0.1, -0.05) is 59.1 Å². The predicted molar refractivity (Wildman–Crippen MR) is 106 cm³/mol. The summed E-state index contributed by atoms with van der Waals surface area (Å²) in [4.78, 5) is 12.4. The number of rotatable bonds is 5. The van der Waals surface area contributed by atoms with Crippen LogP contribution in [0.1, 0.15) is 21.6 Å². The predicted octanol–water partition coefficient (Wildman–Crippen LogP) is 4.67. The quantitative estimate of drug-likeness (QED) is 0.690. The van der Waals surface area contributed by atoms with Crippen molar-refractivity contribution in [3.63, 3.8) is 0 Å². The third kappa shape index (κ3) is 4.26. The summed E-state index contributed by atoms with van der Waals surface area (Å²) in [6.07, 6.45) is 0.624. The van der Waals surface area contributed by atoms with Crippen molar-refractivity contribution < 1.29 is 4.79 Å². The average molecular weight is 388 g/mol. The van der Waals surface area contributed by atoms with Crippen molar-refractivity contribution in [2.45, 2.75) is 13.3 Å². The number of hydrogen-bond donors (Lipinski definition) is 1. The van der Waals surface area contributed by atoms with E-state index in [1.807, 2.05) is 44.3 Å². The Kier molecular flexibility index (Phi) is 5.64. The first-order valence-corrected chi connectivity index (χ1v) is 9.03. The van der Waals surface area contributed by atoms with Gasteiger partial charge in [0, 0.05) is 23.6 Å². The van der Waals surface area contributed by atoms with Crippen molar-refractivity contribution in [3.8, 4) is 11.3 Å². The van der Waals surface area contributed by atoms with Gasteiger partial charge in [0.2, 0.25) is 0 Å². The summed E-state index contributed by atoms with van der Waals surface area (Å²) in [5.74, 6) is -0.205. The van der Waals surface area contributed by atoms with Crippen LogP contribution in [0.15, 0.2) is 48.5 Å². The Labute approximate surface area is 162 Å². The van der Waals surface area contributed by atoms with Gasteiger partial charge in [0.1, 0.15) is 0 Å². The lowest BCUT2D eigenvalue weighted by atomic mass is 10.1. The van der Waals surface area contributed by atoms with Crippen LogP contribution in [0.3, 0.4) is 0 Å². The van der Waals surface area contributed by atoms with Gasteiger partial charge in [0.05, 0.1) is 5.69 Å². The lowest BCUT2D eigenvalue weighted by Crippen LogP contribution is -2.26. The number of carbonyl (C=O) groups is 1. The van der Waals surface area contributed by atoms with E-state index < -0.39 is 0 Å². The molecule has 0 atom stereocenters. The maximum Gasteiger partial charge on any atom is 0.271 e. The average Bonchev–Trinajstić information content (AvgIpc) is 2.99. The zero-order valence-electron chi connectivity index (χ0n) is 14.6. The summed E-state index contributed by atoms with van der Waals surface area (Å²) in [6, 6.07) is 15.3. The van der Waals surface area contributed by atoms with Crippen molar-refractivity contribution in [1.82, 2.24) is 15.1 Å². The molecule has 1 amide bonds. The Morgan fingerprint density at radius 1 is 1.12 bits per heavy atom. The van der Waals surface area contributed by atoms with E-state index in [4.69, 9.17) is 23.2 Å². The summed E-state index contributed by atoms with van der Waals surface area (Å²) in [6.45, 7) is 2.51. The fourth-order valence-corrected chi connectivity index (χ4v) is 3.20. The molecule has 26 heavy (non-hydrogen) atoms. The molecule has 0 aliphatic rings. The molecule has 3 aromatic rings. The summed E-state index contributed by atoms with van der Waals surface area (Å²) >= 11 is 12.0. The minimum atomic E-state index is -0.205. The van der Waals surface area contributed by atoms with Gasteiger partial charge in [-0.15, -0.1) is 0 Å². The molecular weight excluding hydrogens is 369 g/mol. The van der Waals surface area contributed by atoms with Crippen molar-refractivity contribution >= 4 is 29.1 Å². The molecule has 0 saturated carbocycles. The van der Waals surface area contributed by atoms with E-state index >= 15 is 0 Å². The van der Waals surface area contributed by atoms with Crippen LogP contribution in [-0.2, 0) is 13.5 Å².